The van der Waals surface area contributed by atoms with Crippen LogP contribution in [0.25, 0.3) is 0 Å². The van der Waals surface area contributed by atoms with E-state index in [9.17, 15) is 19.8 Å². The van der Waals surface area contributed by atoms with Crippen LogP contribution in [-0.4, -0.2) is 11.9 Å². The molecule has 0 radical (unpaired) electrons. The molecule has 4 nitrogen and oxygen atoms in total. The third kappa shape index (κ3) is 9.72. The van der Waals surface area contributed by atoms with E-state index in [1.165, 1.54) is 0 Å². The maximum atomic E-state index is 10.2. The fraction of sp³-hybridized carbons (Fsp3) is 0.750. The smallest absolute Gasteiger partial charge is 0.549 e. The Bertz CT molecular complexity index is 161. The fourth-order valence-electron chi connectivity index (χ4n) is 0.930. The Morgan fingerprint density at radius 2 is 1.57 bits per heavy atom. The minimum absolute atomic E-state index is 0. The Hall–Kier alpha value is 1.17. The molecule has 0 saturated carbocycles. The Labute approximate surface area is 138 Å². The van der Waals surface area contributed by atoms with E-state index in [4.69, 9.17) is 0 Å². The van der Waals surface area contributed by atoms with Gasteiger partial charge in [-0.1, -0.05) is 26.2 Å². The Morgan fingerprint density at radius 3 is 1.86 bits per heavy atom. The number of hydrogen-bond donors (Lipinski definition) is 0. The Morgan fingerprint density at radius 1 is 1.14 bits per heavy atom. The van der Waals surface area contributed by atoms with E-state index in [1.54, 1.807) is 0 Å². The van der Waals surface area contributed by atoms with Gasteiger partial charge in [0.1, 0.15) is 0 Å². The van der Waals surface area contributed by atoms with Gasteiger partial charge in [-0.05, 0) is 6.42 Å². The summed E-state index contributed by atoms with van der Waals surface area (Å²) >= 11 is 0. The molecular weight excluding hydrogens is 206 g/mol. The second-order valence-corrected chi connectivity index (χ2v) is 2.69. The van der Waals surface area contributed by atoms with Crippen LogP contribution in [0.3, 0.4) is 0 Å². The molecule has 0 saturated heterocycles. The molecule has 0 fully saturated rings. The predicted molar refractivity (Wildman–Crippen MR) is 37.6 cm³/mol. The number of carbonyl (C=O) groups is 2. The van der Waals surface area contributed by atoms with E-state index < -0.39 is 17.9 Å². The van der Waals surface area contributed by atoms with Gasteiger partial charge in [0.25, 0.3) is 0 Å². The van der Waals surface area contributed by atoms with Crippen molar-refractivity contribution in [3.05, 3.63) is 0 Å². The molecule has 0 unspecified atom stereocenters. The van der Waals surface area contributed by atoms with Crippen LogP contribution in [-0.2, 0) is 9.59 Å². The molecular formula is C8H12KLiO4. The van der Waals surface area contributed by atoms with Crippen LogP contribution in [0.4, 0.5) is 0 Å². The third-order valence-corrected chi connectivity index (χ3v) is 1.67. The van der Waals surface area contributed by atoms with Gasteiger partial charge in [-0.15, -0.1) is 0 Å². The van der Waals surface area contributed by atoms with Crippen LogP contribution in [0.1, 0.15) is 32.6 Å². The van der Waals surface area contributed by atoms with Gasteiger partial charge in [0.2, 0.25) is 0 Å². The number of carboxylic acids is 2. The quantitative estimate of drug-likeness (QED) is 0.252. The van der Waals surface area contributed by atoms with Crippen LogP contribution in [0.2, 0.25) is 0 Å². The molecule has 0 aromatic carbocycles. The molecule has 0 aliphatic rings. The van der Waals surface area contributed by atoms with Gasteiger partial charge in [-0.2, -0.15) is 0 Å². The third-order valence-electron chi connectivity index (χ3n) is 1.67. The minimum Gasteiger partial charge on any atom is -0.549 e. The standard InChI is InChI=1S/C8H14O4.K.Li/c1-2-3-4-5-6(7(9)10)8(11)12;;/h6H,2-5H2,1H3,(H,9,10)(H,11,12);;/q;2*+1/p-2. The monoisotopic (exact) mass is 218 g/mol. The van der Waals surface area contributed by atoms with Gasteiger partial charge in [-0.25, -0.2) is 0 Å². The van der Waals surface area contributed by atoms with Crippen molar-refractivity contribution in [2.75, 3.05) is 0 Å². The normalized spacial score (nSPS) is 8.71. The zero-order chi connectivity index (χ0) is 9.56. The SMILES string of the molecule is CCCCCC(C(=O)[O-])C(=O)[O-].[K+].[Li+]. The Kier molecular flexibility index (Phi) is 18.0. The summed E-state index contributed by atoms with van der Waals surface area (Å²) in [5, 5.41) is 20.4. The molecule has 0 N–H and O–H groups in total. The van der Waals surface area contributed by atoms with Gasteiger partial charge in [0, 0.05) is 5.92 Å². The maximum Gasteiger partial charge on any atom is 1.00 e. The maximum absolute atomic E-state index is 10.2. The van der Waals surface area contributed by atoms with E-state index in [1.807, 2.05) is 6.92 Å². The van der Waals surface area contributed by atoms with Crippen LogP contribution in [0.15, 0.2) is 0 Å². The molecule has 0 aliphatic carbocycles. The minimum atomic E-state index is -1.55. The number of unbranched alkanes of at least 4 members (excludes halogenated alkanes) is 2. The van der Waals surface area contributed by atoms with Crippen LogP contribution >= 0.6 is 0 Å². The summed E-state index contributed by atoms with van der Waals surface area (Å²) in [5.41, 5.74) is 0. The first kappa shape index (κ1) is 20.6. The van der Waals surface area contributed by atoms with Crippen molar-refractivity contribution in [2.24, 2.45) is 5.92 Å². The van der Waals surface area contributed by atoms with Gasteiger partial charge < -0.3 is 19.8 Å². The zero-order valence-corrected chi connectivity index (χ0v) is 12.2. The summed E-state index contributed by atoms with van der Waals surface area (Å²) in [7, 11) is 0. The van der Waals surface area contributed by atoms with E-state index >= 15 is 0 Å². The summed E-state index contributed by atoms with van der Waals surface area (Å²) < 4.78 is 0. The molecule has 0 aromatic rings. The molecule has 0 spiro atoms. The molecule has 0 heterocycles. The van der Waals surface area contributed by atoms with Crippen LogP contribution < -0.4 is 80.5 Å². The number of carboxylic acid groups (broad SMARTS) is 2. The molecule has 0 rings (SSSR count). The molecule has 6 heteroatoms. The summed E-state index contributed by atoms with van der Waals surface area (Å²) in [6, 6.07) is 0. The van der Waals surface area contributed by atoms with E-state index in [0.717, 1.165) is 12.8 Å². The summed E-state index contributed by atoms with van der Waals surface area (Å²) in [6.07, 6.45) is 2.45. The summed E-state index contributed by atoms with van der Waals surface area (Å²) in [6.45, 7) is 1.95. The first-order chi connectivity index (χ1) is 5.59. The largest absolute Gasteiger partial charge is 1.00 e. The van der Waals surface area contributed by atoms with Crippen LogP contribution in [0, 0.1) is 5.92 Å². The topological polar surface area (TPSA) is 80.3 Å². The molecule has 0 aromatic heterocycles. The van der Waals surface area contributed by atoms with Crippen molar-refractivity contribution in [3.63, 3.8) is 0 Å². The van der Waals surface area contributed by atoms with E-state index in [2.05, 4.69) is 0 Å². The zero-order valence-electron chi connectivity index (χ0n) is 9.04. The second-order valence-electron chi connectivity index (χ2n) is 2.69. The summed E-state index contributed by atoms with van der Waals surface area (Å²) in [4.78, 5) is 20.4. The van der Waals surface area contributed by atoms with Crippen molar-refractivity contribution in [1.29, 1.82) is 0 Å². The number of rotatable bonds is 6. The van der Waals surface area contributed by atoms with Gasteiger partial charge in [0.15, 0.2) is 0 Å². The van der Waals surface area contributed by atoms with Gasteiger partial charge in [0.05, 0.1) is 11.9 Å². The molecule has 0 aliphatic heterocycles. The number of carbonyl (C=O) groups excluding carboxylic acids is 2. The number of aliphatic carboxylic acids is 2. The first-order valence-corrected chi connectivity index (χ1v) is 4.01. The Balaban J connectivity index is -0.000000605. The fourth-order valence-corrected chi connectivity index (χ4v) is 0.930. The molecule has 0 amide bonds. The molecule has 70 valence electrons. The first-order valence-electron chi connectivity index (χ1n) is 4.01. The molecule has 0 bridgehead atoms. The molecule has 0 atom stereocenters. The summed E-state index contributed by atoms with van der Waals surface area (Å²) in [5.74, 6) is -4.55. The van der Waals surface area contributed by atoms with E-state index in [0.29, 0.717) is 6.42 Å². The average molecular weight is 218 g/mol. The van der Waals surface area contributed by atoms with Crippen LogP contribution in [0.5, 0.6) is 0 Å². The second kappa shape index (κ2) is 12.2. The molecule has 14 heavy (non-hydrogen) atoms. The van der Waals surface area contributed by atoms with Crippen molar-refractivity contribution >= 4 is 11.9 Å². The van der Waals surface area contributed by atoms with Crippen molar-refractivity contribution < 1.29 is 90.0 Å². The van der Waals surface area contributed by atoms with E-state index in [-0.39, 0.29) is 76.7 Å². The van der Waals surface area contributed by atoms with Gasteiger partial charge >= 0.3 is 70.2 Å². The number of hydrogen-bond acceptors (Lipinski definition) is 4. The van der Waals surface area contributed by atoms with Crippen molar-refractivity contribution in [3.8, 4) is 0 Å². The van der Waals surface area contributed by atoms with Gasteiger partial charge in [-0.3, -0.25) is 0 Å². The van der Waals surface area contributed by atoms with Crippen molar-refractivity contribution in [2.45, 2.75) is 32.6 Å². The average Bonchev–Trinajstić information content (AvgIpc) is 1.96. The predicted octanol–water partition coefficient (Wildman–Crippen LogP) is -7.31. The van der Waals surface area contributed by atoms with Crippen molar-refractivity contribution in [1.82, 2.24) is 0 Å².